The number of ketones is 1. The number of Topliss-reactive ketones (excluding diaryl/α,β-unsaturated/α-hetero) is 1. The molecule has 0 aliphatic carbocycles. The average molecular weight is 591 g/mol. The normalized spacial score (nSPS) is 18.5. The molecule has 1 saturated heterocycles. The first kappa shape index (κ1) is 34.2. The lowest BCUT2D eigenvalue weighted by Crippen LogP contribution is -2.42. The summed E-state index contributed by atoms with van der Waals surface area (Å²) in [6, 6.07) is 16.7. The van der Waals surface area contributed by atoms with E-state index < -0.39 is 5.97 Å². The largest absolute Gasteiger partial charge is 0.426 e. The van der Waals surface area contributed by atoms with Crippen molar-refractivity contribution in [1.29, 1.82) is 0 Å². The summed E-state index contributed by atoms with van der Waals surface area (Å²) in [6.45, 7) is 17.1. The molecule has 0 aromatic heterocycles. The Balaban J connectivity index is 1.85. The Kier molecular flexibility index (Phi) is 14.1. The summed E-state index contributed by atoms with van der Waals surface area (Å²) in [5.74, 6) is -1.28. The molecule has 3 rings (SSSR count). The summed E-state index contributed by atoms with van der Waals surface area (Å²) >= 11 is 0. The molecular formula is C37H54N2O4. The number of hydrogen-bond acceptors (Lipinski definition) is 6. The Morgan fingerprint density at radius 2 is 0.977 bits per heavy atom. The number of unbranched alkanes of at least 4 members (excludes halogenated alkanes) is 4. The molecule has 0 radical (unpaired) electrons. The van der Waals surface area contributed by atoms with Gasteiger partial charge in [0.2, 0.25) is 0 Å². The lowest BCUT2D eigenvalue weighted by Gasteiger charge is -2.35. The van der Waals surface area contributed by atoms with Crippen LogP contribution in [0.5, 0.6) is 0 Å². The van der Waals surface area contributed by atoms with Gasteiger partial charge >= 0.3 is 5.97 Å². The summed E-state index contributed by atoms with van der Waals surface area (Å²) < 4.78 is 17.8. The van der Waals surface area contributed by atoms with Crippen LogP contribution in [-0.2, 0) is 19.0 Å². The Morgan fingerprint density at radius 1 is 0.628 bits per heavy atom. The highest BCUT2D eigenvalue weighted by molar-refractivity contribution is 6.11. The molecule has 0 saturated carbocycles. The van der Waals surface area contributed by atoms with Crippen LogP contribution in [0, 0.1) is 0 Å². The van der Waals surface area contributed by atoms with Gasteiger partial charge in [-0.1, -0.05) is 77.6 Å². The summed E-state index contributed by atoms with van der Waals surface area (Å²) in [6.07, 6.45) is 12.9. The second-order valence-corrected chi connectivity index (χ2v) is 11.4. The molecule has 1 aliphatic rings. The summed E-state index contributed by atoms with van der Waals surface area (Å²) in [7, 11) is 0. The third-order valence-corrected chi connectivity index (χ3v) is 7.68. The highest BCUT2D eigenvalue weighted by Crippen LogP contribution is 2.33. The van der Waals surface area contributed by atoms with E-state index in [0.29, 0.717) is 6.61 Å². The number of rotatable bonds is 18. The molecule has 236 valence electrons. The van der Waals surface area contributed by atoms with Gasteiger partial charge in [0, 0.05) is 44.5 Å². The number of nitrogens with zero attached hydrogens (tertiary/aromatic N) is 2. The third kappa shape index (κ3) is 10.5. The monoisotopic (exact) mass is 590 g/mol. The van der Waals surface area contributed by atoms with Crippen molar-refractivity contribution in [2.75, 3.05) is 42.6 Å². The molecule has 6 heteroatoms. The minimum absolute atomic E-state index is 0.206. The van der Waals surface area contributed by atoms with E-state index in [2.05, 4.69) is 61.8 Å². The van der Waals surface area contributed by atoms with Crippen LogP contribution in [-0.4, -0.2) is 44.5 Å². The highest BCUT2D eigenvalue weighted by Gasteiger charge is 2.41. The van der Waals surface area contributed by atoms with E-state index in [0.717, 1.165) is 37.3 Å². The van der Waals surface area contributed by atoms with Gasteiger partial charge in [-0.2, -0.15) is 0 Å². The smallest absolute Gasteiger partial charge is 0.368 e. The van der Waals surface area contributed by atoms with Crippen molar-refractivity contribution >= 4 is 29.3 Å². The maximum Gasteiger partial charge on any atom is 0.368 e. The molecule has 0 unspecified atom stereocenters. The Hall–Kier alpha value is -3.25. The SMILES string of the molecule is CCCCN(CCCC)c1ccc(/C=C2\OC(C)(OCC)O/C(=C\c3ccc(N(CCCC)CCCC)cc3)C2=O)cc1. The first-order valence-corrected chi connectivity index (χ1v) is 16.6. The first-order valence-electron chi connectivity index (χ1n) is 16.6. The lowest BCUT2D eigenvalue weighted by molar-refractivity contribution is -0.343. The van der Waals surface area contributed by atoms with Gasteiger partial charge in [-0.25, -0.2) is 0 Å². The van der Waals surface area contributed by atoms with E-state index in [1.54, 1.807) is 19.1 Å². The number of carbonyl (C=O) groups excluding carboxylic acids is 1. The predicted octanol–water partition coefficient (Wildman–Crippen LogP) is 9.21. The van der Waals surface area contributed by atoms with Crippen LogP contribution in [0.2, 0.25) is 0 Å². The van der Waals surface area contributed by atoms with Crippen LogP contribution in [0.25, 0.3) is 12.2 Å². The zero-order valence-electron chi connectivity index (χ0n) is 27.5. The van der Waals surface area contributed by atoms with Gasteiger partial charge < -0.3 is 24.0 Å². The molecular weight excluding hydrogens is 536 g/mol. The maximum atomic E-state index is 13.6. The molecule has 0 spiro atoms. The van der Waals surface area contributed by atoms with Gasteiger partial charge in [0.1, 0.15) is 0 Å². The second-order valence-electron chi connectivity index (χ2n) is 11.4. The van der Waals surface area contributed by atoms with Gasteiger partial charge in [-0.05, 0) is 80.2 Å². The molecule has 0 N–H and O–H groups in total. The van der Waals surface area contributed by atoms with Gasteiger partial charge in [0.25, 0.3) is 5.78 Å². The van der Waals surface area contributed by atoms with Gasteiger partial charge in [-0.3, -0.25) is 4.79 Å². The van der Waals surface area contributed by atoms with Crippen LogP contribution in [0.4, 0.5) is 11.4 Å². The lowest BCUT2D eigenvalue weighted by atomic mass is 10.1. The summed E-state index contributed by atoms with van der Waals surface area (Å²) in [4.78, 5) is 18.5. The minimum atomic E-state index is -1.39. The van der Waals surface area contributed by atoms with Crippen LogP contribution in [0.1, 0.15) is 104 Å². The zero-order valence-corrected chi connectivity index (χ0v) is 27.5. The quantitative estimate of drug-likeness (QED) is 0.161. The second kappa shape index (κ2) is 17.8. The highest BCUT2D eigenvalue weighted by atomic mass is 16.9. The van der Waals surface area contributed by atoms with Crippen molar-refractivity contribution < 1.29 is 19.0 Å². The molecule has 0 atom stereocenters. The van der Waals surface area contributed by atoms with Crippen LogP contribution >= 0.6 is 0 Å². The van der Waals surface area contributed by atoms with E-state index in [4.69, 9.17) is 14.2 Å². The molecule has 43 heavy (non-hydrogen) atoms. The average Bonchev–Trinajstić information content (AvgIpc) is 3.01. The summed E-state index contributed by atoms with van der Waals surface area (Å²) in [5.41, 5.74) is 4.19. The zero-order chi connectivity index (χ0) is 31.1. The number of anilines is 2. The van der Waals surface area contributed by atoms with Gasteiger partial charge in [-0.15, -0.1) is 0 Å². The van der Waals surface area contributed by atoms with Crippen molar-refractivity contribution in [2.24, 2.45) is 0 Å². The van der Waals surface area contributed by atoms with E-state index in [-0.39, 0.29) is 17.3 Å². The predicted molar refractivity (Wildman–Crippen MR) is 180 cm³/mol. The van der Waals surface area contributed by atoms with E-state index in [1.807, 2.05) is 31.2 Å². The molecule has 6 nitrogen and oxygen atoms in total. The van der Waals surface area contributed by atoms with Crippen molar-refractivity contribution in [3.63, 3.8) is 0 Å². The molecule has 0 amide bonds. The fraction of sp³-hybridized carbons (Fsp3) is 0.541. The Morgan fingerprint density at radius 3 is 1.28 bits per heavy atom. The van der Waals surface area contributed by atoms with Crippen molar-refractivity contribution in [3.8, 4) is 0 Å². The van der Waals surface area contributed by atoms with E-state index in [9.17, 15) is 4.79 Å². The third-order valence-electron chi connectivity index (χ3n) is 7.68. The summed E-state index contributed by atoms with van der Waals surface area (Å²) in [5, 5.41) is 0. The fourth-order valence-corrected chi connectivity index (χ4v) is 5.15. The molecule has 1 fully saturated rings. The van der Waals surface area contributed by atoms with Crippen LogP contribution in [0.3, 0.4) is 0 Å². The number of hydrogen-bond donors (Lipinski definition) is 0. The maximum absolute atomic E-state index is 13.6. The minimum Gasteiger partial charge on any atom is -0.426 e. The van der Waals surface area contributed by atoms with Crippen molar-refractivity contribution in [1.82, 2.24) is 0 Å². The van der Waals surface area contributed by atoms with Gasteiger partial charge in [0.05, 0.1) is 6.61 Å². The first-order chi connectivity index (χ1) is 20.9. The Bertz CT molecular complexity index is 1070. The van der Waals surface area contributed by atoms with E-state index >= 15 is 0 Å². The molecule has 2 aromatic rings. The van der Waals surface area contributed by atoms with E-state index in [1.165, 1.54) is 62.7 Å². The fourth-order valence-electron chi connectivity index (χ4n) is 5.15. The number of ether oxygens (including phenoxy) is 3. The van der Waals surface area contributed by atoms with Gasteiger partial charge in [0.15, 0.2) is 11.5 Å². The van der Waals surface area contributed by atoms with Crippen molar-refractivity contribution in [2.45, 2.75) is 98.9 Å². The van der Waals surface area contributed by atoms with Crippen LogP contribution in [0.15, 0.2) is 60.0 Å². The molecule has 2 aromatic carbocycles. The topological polar surface area (TPSA) is 51.2 Å². The van der Waals surface area contributed by atoms with Crippen LogP contribution < -0.4 is 9.80 Å². The molecule has 0 bridgehead atoms. The van der Waals surface area contributed by atoms with Crippen molar-refractivity contribution in [3.05, 3.63) is 71.2 Å². The number of carbonyl (C=O) groups is 1. The molecule has 1 heterocycles. The Labute approximate surface area is 260 Å². The molecule has 1 aliphatic heterocycles. The standard InChI is InChI=1S/C37H54N2O4/c1-7-12-24-38(25-13-8-2)32-20-16-30(17-21-32)28-34-36(40)35(43-37(6,42-34)41-11-5)29-31-18-22-33(23-19-31)39(26-14-9-3)27-15-10-4/h16-23,28-29H,7-15,24-27H2,1-6H3/b34-28-,35-29-. The number of benzene rings is 2.